The Labute approximate surface area is 251 Å². The second kappa shape index (κ2) is 10.6. The van der Waals surface area contributed by atoms with E-state index in [1.54, 1.807) is 0 Å². The zero-order valence-electron chi connectivity index (χ0n) is 23.7. The molecule has 0 radical (unpaired) electrons. The van der Waals surface area contributed by atoms with E-state index in [2.05, 4.69) is 181 Å². The molecule has 0 aliphatic rings. The summed E-state index contributed by atoms with van der Waals surface area (Å²) in [7, 11) is 0. The van der Waals surface area contributed by atoms with E-state index >= 15 is 0 Å². The van der Waals surface area contributed by atoms with Crippen LogP contribution in [0.2, 0.25) is 0 Å². The van der Waals surface area contributed by atoms with Crippen LogP contribution in [-0.4, -0.2) is 0 Å². The number of fused-ring (bicyclic) bond motifs is 4. The Balaban J connectivity index is 1.33. The van der Waals surface area contributed by atoms with E-state index in [1.807, 2.05) is 0 Å². The minimum absolute atomic E-state index is 1.12. The molecule has 0 saturated heterocycles. The average Bonchev–Trinajstić information content (AvgIpc) is 3.09. The first kappa shape index (κ1) is 25.1. The largest absolute Gasteiger partial charge is 0.310 e. The second-order valence-corrected chi connectivity index (χ2v) is 11.0. The van der Waals surface area contributed by atoms with Crippen molar-refractivity contribution in [1.82, 2.24) is 0 Å². The Morgan fingerprint density at radius 3 is 1.79 bits per heavy atom. The number of para-hydroxylation sites is 2. The maximum absolute atomic E-state index is 2.39. The molecule has 0 aromatic heterocycles. The zero-order chi connectivity index (χ0) is 28.6. The second-order valence-electron chi connectivity index (χ2n) is 11.0. The third-order valence-electron chi connectivity index (χ3n) is 8.40. The van der Waals surface area contributed by atoms with Gasteiger partial charge in [-0.15, -0.1) is 0 Å². The van der Waals surface area contributed by atoms with Gasteiger partial charge in [-0.1, -0.05) is 133 Å². The molecular formula is C42H29N. The molecule has 8 aromatic rings. The molecule has 0 aliphatic carbocycles. The van der Waals surface area contributed by atoms with Gasteiger partial charge in [-0.2, -0.15) is 0 Å². The van der Waals surface area contributed by atoms with Crippen LogP contribution in [-0.2, 0) is 0 Å². The molecule has 1 nitrogen and oxygen atoms in total. The van der Waals surface area contributed by atoms with Crippen molar-refractivity contribution in [3.05, 3.63) is 176 Å². The Hall–Kier alpha value is -5.66. The predicted octanol–water partition coefficient (Wildman–Crippen LogP) is 11.9. The highest BCUT2D eigenvalue weighted by Gasteiger charge is 2.18. The van der Waals surface area contributed by atoms with Crippen molar-refractivity contribution in [2.24, 2.45) is 0 Å². The molecule has 0 saturated carbocycles. The predicted molar refractivity (Wildman–Crippen MR) is 185 cm³/mol. The first-order chi connectivity index (χ1) is 21.3. The molecule has 8 rings (SSSR count). The fourth-order valence-corrected chi connectivity index (χ4v) is 6.38. The van der Waals surface area contributed by atoms with Gasteiger partial charge >= 0.3 is 0 Å². The smallest absolute Gasteiger partial charge is 0.0540 e. The van der Waals surface area contributed by atoms with Gasteiger partial charge in [0.05, 0.1) is 5.69 Å². The van der Waals surface area contributed by atoms with Gasteiger partial charge in [0.25, 0.3) is 0 Å². The van der Waals surface area contributed by atoms with Crippen molar-refractivity contribution in [2.45, 2.75) is 0 Å². The monoisotopic (exact) mass is 547 g/mol. The molecule has 0 unspecified atom stereocenters. The highest BCUT2D eigenvalue weighted by Crippen LogP contribution is 2.43. The maximum Gasteiger partial charge on any atom is 0.0540 e. The minimum atomic E-state index is 1.12. The van der Waals surface area contributed by atoms with Gasteiger partial charge in [0.1, 0.15) is 0 Å². The van der Waals surface area contributed by atoms with Crippen molar-refractivity contribution in [2.75, 3.05) is 4.90 Å². The van der Waals surface area contributed by atoms with Gasteiger partial charge in [0, 0.05) is 16.9 Å². The first-order valence-corrected chi connectivity index (χ1v) is 14.8. The Kier molecular flexibility index (Phi) is 6.20. The lowest BCUT2D eigenvalue weighted by atomic mass is 9.93. The van der Waals surface area contributed by atoms with Crippen LogP contribution in [0, 0.1) is 0 Å². The van der Waals surface area contributed by atoms with Gasteiger partial charge < -0.3 is 4.90 Å². The summed E-state index contributed by atoms with van der Waals surface area (Å²) in [6.45, 7) is 0. The number of nitrogens with zero attached hydrogens (tertiary/aromatic N) is 1. The van der Waals surface area contributed by atoms with Crippen LogP contribution < -0.4 is 4.90 Å². The van der Waals surface area contributed by atoms with E-state index in [0.717, 1.165) is 17.1 Å². The third-order valence-corrected chi connectivity index (χ3v) is 8.40. The molecule has 0 fully saturated rings. The molecule has 0 N–H and O–H groups in total. The molecule has 0 aliphatic heterocycles. The molecule has 43 heavy (non-hydrogen) atoms. The van der Waals surface area contributed by atoms with E-state index < -0.39 is 0 Å². The number of hydrogen-bond acceptors (Lipinski definition) is 1. The third kappa shape index (κ3) is 4.52. The summed E-state index contributed by atoms with van der Waals surface area (Å²) in [5.74, 6) is 0. The molecule has 0 bridgehead atoms. The molecule has 0 atom stereocenters. The van der Waals surface area contributed by atoms with Crippen LogP contribution >= 0.6 is 0 Å². The quantitative estimate of drug-likeness (QED) is 0.194. The first-order valence-electron chi connectivity index (χ1n) is 14.8. The van der Waals surface area contributed by atoms with Gasteiger partial charge in [0.15, 0.2) is 0 Å². The number of hydrogen-bond donors (Lipinski definition) is 0. The zero-order valence-corrected chi connectivity index (χ0v) is 23.7. The Morgan fingerprint density at radius 2 is 0.930 bits per heavy atom. The summed E-state index contributed by atoms with van der Waals surface area (Å²) in [4.78, 5) is 2.39. The lowest BCUT2D eigenvalue weighted by molar-refractivity contribution is 1.28. The van der Waals surface area contributed by atoms with Crippen molar-refractivity contribution < 1.29 is 0 Å². The summed E-state index contributed by atoms with van der Waals surface area (Å²) in [6.07, 6.45) is 0. The van der Waals surface area contributed by atoms with E-state index in [4.69, 9.17) is 0 Å². The van der Waals surface area contributed by atoms with Crippen molar-refractivity contribution in [1.29, 1.82) is 0 Å². The molecule has 0 heterocycles. The minimum Gasteiger partial charge on any atom is -0.310 e. The summed E-state index contributed by atoms with van der Waals surface area (Å²) in [6, 6.07) is 63.5. The fourth-order valence-electron chi connectivity index (χ4n) is 6.38. The standard InChI is InChI=1S/C42H29N/c1-2-17-35(18-3-1)43(42-24-11-10-21-38(42)34-26-25-30-13-4-5-14-31(30)27-34)36-19-12-16-32(28-36)41-29-33-15-6-7-20-37(33)39-22-8-9-23-40(39)41/h1-29H. The molecule has 1 heteroatoms. The summed E-state index contributed by atoms with van der Waals surface area (Å²) in [5, 5.41) is 7.57. The average molecular weight is 548 g/mol. The Morgan fingerprint density at radius 1 is 0.302 bits per heavy atom. The fraction of sp³-hybridized carbons (Fsp3) is 0. The maximum atomic E-state index is 2.39. The van der Waals surface area contributed by atoms with Crippen LogP contribution in [0.4, 0.5) is 17.1 Å². The SMILES string of the molecule is c1ccc(N(c2cccc(-c3cc4ccccc4c4ccccc34)c2)c2ccccc2-c2ccc3ccccc3c2)cc1. The summed E-state index contributed by atoms with van der Waals surface area (Å²) >= 11 is 0. The van der Waals surface area contributed by atoms with Gasteiger partial charge in [-0.25, -0.2) is 0 Å². The van der Waals surface area contributed by atoms with Crippen LogP contribution in [0.1, 0.15) is 0 Å². The van der Waals surface area contributed by atoms with Crippen LogP contribution in [0.25, 0.3) is 54.6 Å². The van der Waals surface area contributed by atoms with E-state index in [0.29, 0.717) is 0 Å². The van der Waals surface area contributed by atoms with E-state index in [-0.39, 0.29) is 0 Å². The lowest BCUT2D eigenvalue weighted by Crippen LogP contribution is -2.11. The normalized spacial score (nSPS) is 11.3. The number of benzene rings is 8. The highest BCUT2D eigenvalue weighted by atomic mass is 15.1. The molecule has 0 spiro atoms. The number of rotatable bonds is 5. The molecule has 202 valence electrons. The van der Waals surface area contributed by atoms with Crippen molar-refractivity contribution >= 4 is 49.4 Å². The van der Waals surface area contributed by atoms with Crippen LogP contribution in [0.5, 0.6) is 0 Å². The molecular weight excluding hydrogens is 518 g/mol. The topological polar surface area (TPSA) is 3.24 Å². The van der Waals surface area contributed by atoms with Gasteiger partial charge in [0.2, 0.25) is 0 Å². The van der Waals surface area contributed by atoms with Gasteiger partial charge in [-0.05, 0) is 91.5 Å². The van der Waals surface area contributed by atoms with Crippen LogP contribution in [0.3, 0.4) is 0 Å². The molecule has 0 amide bonds. The summed E-state index contributed by atoms with van der Waals surface area (Å²) < 4.78 is 0. The Bertz CT molecular complexity index is 2250. The lowest BCUT2D eigenvalue weighted by Gasteiger charge is -2.28. The highest BCUT2D eigenvalue weighted by molar-refractivity contribution is 6.14. The van der Waals surface area contributed by atoms with Gasteiger partial charge in [-0.3, -0.25) is 0 Å². The van der Waals surface area contributed by atoms with E-state index in [1.165, 1.54) is 54.6 Å². The van der Waals surface area contributed by atoms with Crippen molar-refractivity contribution in [3.63, 3.8) is 0 Å². The van der Waals surface area contributed by atoms with Crippen molar-refractivity contribution in [3.8, 4) is 22.3 Å². The number of anilines is 3. The van der Waals surface area contributed by atoms with Crippen LogP contribution in [0.15, 0.2) is 176 Å². The van der Waals surface area contributed by atoms with E-state index in [9.17, 15) is 0 Å². The molecule has 8 aromatic carbocycles. The summed E-state index contributed by atoms with van der Waals surface area (Å²) in [5.41, 5.74) is 8.22.